The lowest BCUT2D eigenvalue weighted by atomic mass is 9.98. The molecule has 0 saturated carbocycles. The third-order valence-electron chi connectivity index (χ3n) is 3.88. The van der Waals surface area contributed by atoms with Gasteiger partial charge in [0.05, 0.1) is 25.8 Å². The topological polar surface area (TPSA) is 85.7 Å². The molecule has 1 atom stereocenters. The lowest BCUT2D eigenvalue weighted by molar-refractivity contribution is -0.143. The van der Waals surface area contributed by atoms with Gasteiger partial charge >= 0.3 is 5.97 Å². The first-order valence-corrected chi connectivity index (χ1v) is 8.77. The van der Waals surface area contributed by atoms with Crippen LogP contribution in [0.5, 0.6) is 11.5 Å². The number of nitrogens with zero attached hydrogens (tertiary/aromatic N) is 1. The molecule has 1 aromatic carbocycles. The van der Waals surface area contributed by atoms with E-state index in [-0.39, 0.29) is 18.6 Å². The van der Waals surface area contributed by atoms with Crippen LogP contribution >= 0.6 is 11.3 Å². The van der Waals surface area contributed by atoms with Crippen molar-refractivity contribution in [2.45, 2.75) is 26.2 Å². The van der Waals surface area contributed by atoms with Crippen molar-refractivity contribution in [2.24, 2.45) is 5.92 Å². The summed E-state index contributed by atoms with van der Waals surface area (Å²) in [5.41, 5.74) is 1.53. The fourth-order valence-corrected chi connectivity index (χ4v) is 3.26. The van der Waals surface area contributed by atoms with Gasteiger partial charge in [0.1, 0.15) is 10.8 Å². The van der Waals surface area contributed by atoms with Crippen LogP contribution in [0.25, 0.3) is 10.6 Å². The summed E-state index contributed by atoms with van der Waals surface area (Å²) in [5, 5.41) is 11.6. The second-order valence-corrected chi connectivity index (χ2v) is 6.43. The van der Waals surface area contributed by atoms with Gasteiger partial charge in [-0.15, -0.1) is 11.3 Å². The van der Waals surface area contributed by atoms with Crippen LogP contribution in [0.1, 0.15) is 25.5 Å². The molecule has 0 aliphatic heterocycles. The zero-order chi connectivity index (χ0) is 18.4. The smallest absolute Gasteiger partial charge is 0.306 e. The maximum absolute atomic E-state index is 12.1. The molecule has 1 N–H and O–H groups in total. The van der Waals surface area contributed by atoms with Crippen molar-refractivity contribution in [3.8, 4) is 22.1 Å². The van der Waals surface area contributed by atoms with E-state index in [9.17, 15) is 9.59 Å². The zero-order valence-corrected chi connectivity index (χ0v) is 15.3. The van der Waals surface area contributed by atoms with E-state index < -0.39 is 11.9 Å². The highest BCUT2D eigenvalue weighted by Gasteiger charge is 2.20. The average molecular weight is 363 g/mol. The lowest BCUT2D eigenvalue weighted by Gasteiger charge is -2.08. The monoisotopic (exact) mass is 363 g/mol. The van der Waals surface area contributed by atoms with Crippen molar-refractivity contribution in [3.05, 3.63) is 29.3 Å². The summed E-state index contributed by atoms with van der Waals surface area (Å²) in [6.45, 7) is 1.77. The van der Waals surface area contributed by atoms with Gasteiger partial charge in [-0.2, -0.15) is 0 Å². The van der Waals surface area contributed by atoms with Crippen LogP contribution in [0.2, 0.25) is 0 Å². The van der Waals surface area contributed by atoms with Crippen molar-refractivity contribution < 1.29 is 24.2 Å². The first-order valence-electron chi connectivity index (χ1n) is 7.89. The molecule has 0 aliphatic rings. The molecule has 0 radical (unpaired) electrons. The predicted octanol–water partition coefficient (Wildman–Crippen LogP) is 3.44. The van der Waals surface area contributed by atoms with E-state index in [0.717, 1.165) is 10.6 Å². The first-order chi connectivity index (χ1) is 12.0. The normalized spacial score (nSPS) is 11.8. The molecule has 0 bridgehead atoms. The number of carboxylic acid groups (broad SMARTS) is 1. The number of Topliss-reactive ketones (excluding diaryl/α,β-unsaturated/α-hetero) is 1. The molecule has 1 aromatic heterocycles. The third kappa shape index (κ3) is 4.79. The van der Waals surface area contributed by atoms with E-state index in [1.54, 1.807) is 27.2 Å². The Morgan fingerprint density at radius 1 is 1.24 bits per heavy atom. The largest absolute Gasteiger partial charge is 0.493 e. The molecule has 0 spiro atoms. The molecule has 0 aliphatic carbocycles. The molecule has 0 saturated heterocycles. The van der Waals surface area contributed by atoms with Crippen LogP contribution in [0, 0.1) is 5.92 Å². The Morgan fingerprint density at radius 3 is 2.56 bits per heavy atom. The number of thiazole rings is 1. The van der Waals surface area contributed by atoms with Crippen molar-refractivity contribution >= 4 is 23.1 Å². The number of benzene rings is 1. The van der Waals surface area contributed by atoms with Gasteiger partial charge in [0.25, 0.3) is 0 Å². The van der Waals surface area contributed by atoms with Crippen molar-refractivity contribution in [1.29, 1.82) is 0 Å². The van der Waals surface area contributed by atoms with E-state index >= 15 is 0 Å². The van der Waals surface area contributed by atoms with E-state index in [4.69, 9.17) is 14.6 Å². The van der Waals surface area contributed by atoms with E-state index in [0.29, 0.717) is 23.6 Å². The summed E-state index contributed by atoms with van der Waals surface area (Å²) in [5.74, 6) is -0.424. The summed E-state index contributed by atoms with van der Waals surface area (Å²) in [4.78, 5) is 27.6. The van der Waals surface area contributed by atoms with E-state index in [1.165, 1.54) is 11.3 Å². The van der Waals surface area contributed by atoms with Crippen molar-refractivity contribution in [3.63, 3.8) is 0 Å². The number of carbonyl (C=O) groups is 2. The predicted molar refractivity (Wildman–Crippen MR) is 95.4 cm³/mol. The highest BCUT2D eigenvalue weighted by molar-refractivity contribution is 7.13. The lowest BCUT2D eigenvalue weighted by Crippen LogP contribution is -2.18. The van der Waals surface area contributed by atoms with Gasteiger partial charge < -0.3 is 14.6 Å². The Kier molecular flexibility index (Phi) is 6.52. The van der Waals surface area contributed by atoms with Crippen molar-refractivity contribution in [1.82, 2.24) is 4.98 Å². The number of ketones is 1. The van der Waals surface area contributed by atoms with Gasteiger partial charge in [-0.05, 0) is 24.6 Å². The molecule has 7 heteroatoms. The SMILES string of the molecule is CCC(CC(=O)Cc1csc(-c2ccc(OC)c(OC)c2)n1)C(=O)O. The van der Waals surface area contributed by atoms with E-state index in [2.05, 4.69) is 4.98 Å². The Morgan fingerprint density at radius 2 is 1.96 bits per heavy atom. The Balaban J connectivity index is 2.09. The number of carboxylic acids is 1. The molecule has 2 rings (SSSR count). The van der Waals surface area contributed by atoms with Gasteiger partial charge in [-0.25, -0.2) is 4.98 Å². The van der Waals surface area contributed by atoms with E-state index in [1.807, 2.05) is 17.5 Å². The second kappa shape index (κ2) is 8.62. The number of methoxy groups -OCH3 is 2. The molecule has 134 valence electrons. The van der Waals surface area contributed by atoms with Crippen LogP contribution in [0.3, 0.4) is 0 Å². The van der Waals surface area contributed by atoms with Crippen LogP contribution in [0.4, 0.5) is 0 Å². The van der Waals surface area contributed by atoms with Gasteiger partial charge in [-0.3, -0.25) is 9.59 Å². The molecule has 1 unspecified atom stereocenters. The summed E-state index contributed by atoms with van der Waals surface area (Å²) in [7, 11) is 3.14. The summed E-state index contributed by atoms with van der Waals surface area (Å²) >= 11 is 1.43. The minimum absolute atomic E-state index is 0.0368. The summed E-state index contributed by atoms with van der Waals surface area (Å²) in [6, 6.07) is 5.52. The number of rotatable bonds is 9. The summed E-state index contributed by atoms with van der Waals surface area (Å²) in [6.07, 6.45) is 0.623. The Labute approximate surface area is 150 Å². The first kappa shape index (κ1) is 18.9. The van der Waals surface area contributed by atoms with Crippen LogP contribution < -0.4 is 9.47 Å². The number of hydrogen-bond donors (Lipinski definition) is 1. The number of ether oxygens (including phenoxy) is 2. The molecule has 2 aromatic rings. The highest BCUT2D eigenvalue weighted by Crippen LogP contribution is 2.33. The fraction of sp³-hybridized carbons (Fsp3) is 0.389. The van der Waals surface area contributed by atoms with Gasteiger partial charge in [0.2, 0.25) is 0 Å². The average Bonchev–Trinajstić information content (AvgIpc) is 3.07. The van der Waals surface area contributed by atoms with Gasteiger partial charge in [0, 0.05) is 23.8 Å². The van der Waals surface area contributed by atoms with Gasteiger partial charge in [-0.1, -0.05) is 6.92 Å². The minimum Gasteiger partial charge on any atom is -0.493 e. The van der Waals surface area contributed by atoms with Gasteiger partial charge in [0.15, 0.2) is 11.5 Å². The maximum atomic E-state index is 12.1. The Bertz CT molecular complexity index is 756. The number of aliphatic carboxylic acids is 1. The fourth-order valence-electron chi connectivity index (χ4n) is 2.45. The van der Waals surface area contributed by atoms with Crippen LogP contribution in [0.15, 0.2) is 23.6 Å². The molecular formula is C18H21NO5S. The number of aromatic nitrogens is 1. The zero-order valence-electron chi connectivity index (χ0n) is 14.4. The third-order valence-corrected chi connectivity index (χ3v) is 4.82. The number of hydrogen-bond acceptors (Lipinski definition) is 6. The Hall–Kier alpha value is -2.41. The van der Waals surface area contributed by atoms with Crippen LogP contribution in [-0.4, -0.2) is 36.1 Å². The highest BCUT2D eigenvalue weighted by atomic mass is 32.1. The number of carbonyl (C=O) groups excluding carboxylic acids is 1. The maximum Gasteiger partial charge on any atom is 0.306 e. The minimum atomic E-state index is -0.930. The molecule has 6 nitrogen and oxygen atoms in total. The van der Waals surface area contributed by atoms with Crippen molar-refractivity contribution in [2.75, 3.05) is 14.2 Å². The standard InChI is InChI=1S/C18H21NO5S/c1-4-11(18(21)22)7-14(20)9-13-10-25-17(19-13)12-5-6-15(23-2)16(8-12)24-3/h5-6,8,10-11H,4,7,9H2,1-3H3,(H,21,22). The molecule has 0 amide bonds. The summed E-state index contributed by atoms with van der Waals surface area (Å²) < 4.78 is 10.5. The van der Waals surface area contributed by atoms with Crippen LogP contribution in [-0.2, 0) is 16.0 Å². The second-order valence-electron chi connectivity index (χ2n) is 5.58. The molecule has 0 fully saturated rings. The quantitative estimate of drug-likeness (QED) is 0.734. The molecule has 25 heavy (non-hydrogen) atoms. The molecular weight excluding hydrogens is 342 g/mol. The molecule has 1 heterocycles.